The van der Waals surface area contributed by atoms with Gasteiger partial charge in [0.05, 0.1) is 0 Å². The first-order valence-corrected chi connectivity index (χ1v) is 19.4. The Labute approximate surface area is 304 Å². The Morgan fingerprint density at radius 1 is 0.283 bits per heavy atom. The number of carbonyl (C=O) groups is 3. The Morgan fingerprint density at radius 2 is 0.413 bits per heavy atom. The van der Waals surface area contributed by atoms with Crippen LogP contribution in [0.1, 0.15) is 233 Å². The summed E-state index contributed by atoms with van der Waals surface area (Å²) in [7, 11) is 0. The summed E-state index contributed by atoms with van der Waals surface area (Å²) in [6.07, 6.45) is 37.8. The van der Waals surface area contributed by atoms with Gasteiger partial charge in [0.2, 0.25) is 0 Å². The Bertz CT molecular complexity index is 518. The Hall–Kier alpha value is -0.720. The zero-order valence-electron chi connectivity index (χ0n) is 30.9. The van der Waals surface area contributed by atoms with Gasteiger partial charge in [-0.05, 0) is 38.5 Å². The predicted molar refractivity (Wildman–Crippen MR) is 190 cm³/mol. The summed E-state index contributed by atoms with van der Waals surface area (Å²) < 4.78 is 0. The number of carbonyl (C=O) groups excluding carboxylic acids is 3. The Kier molecular flexibility index (Phi) is 55.1. The molecule has 0 rings (SSSR count). The molecule has 0 heterocycles. The topological polar surface area (TPSA) is 120 Å². The molecule has 0 aliphatic carbocycles. The van der Waals surface area contributed by atoms with Crippen LogP contribution in [-0.4, -0.2) is 43.8 Å². The van der Waals surface area contributed by atoms with Crippen LogP contribution in [0.15, 0.2) is 0 Å². The minimum atomic E-state index is -0.908. The van der Waals surface area contributed by atoms with Gasteiger partial charge in [-0.1, -0.05) is 194 Å². The fourth-order valence-corrected chi connectivity index (χ4v) is 5.27. The normalized spacial score (nSPS) is 10.2. The SMILES string of the molecule is CCCCCCCCCCCCC(=O)[O-].CCCCCCCCCCCCC(=O)[O-].CCCCCCCCCCCCC(=O)[O-].[In+3]. The van der Waals surface area contributed by atoms with Crippen LogP contribution < -0.4 is 15.3 Å². The van der Waals surface area contributed by atoms with E-state index in [-0.39, 0.29) is 45.1 Å². The molecule has 270 valence electrons. The largest absolute Gasteiger partial charge is 3.00 e. The molecular weight excluding hydrogens is 679 g/mol. The molecule has 0 spiro atoms. The van der Waals surface area contributed by atoms with E-state index in [9.17, 15) is 29.7 Å². The molecule has 0 saturated carbocycles. The van der Waals surface area contributed by atoms with Crippen molar-refractivity contribution in [1.82, 2.24) is 0 Å². The van der Waals surface area contributed by atoms with Crippen molar-refractivity contribution in [2.45, 2.75) is 233 Å². The van der Waals surface area contributed by atoms with Crippen molar-refractivity contribution in [2.75, 3.05) is 0 Å². The predicted octanol–water partition coefficient (Wildman–Crippen LogP) is 8.76. The average molecular weight is 755 g/mol. The third kappa shape index (κ3) is 62.2. The van der Waals surface area contributed by atoms with Gasteiger partial charge in [-0.15, -0.1) is 0 Å². The third-order valence-electron chi connectivity index (χ3n) is 8.20. The molecule has 0 aliphatic heterocycles. The van der Waals surface area contributed by atoms with Crippen molar-refractivity contribution < 1.29 is 29.7 Å². The second-order valence-corrected chi connectivity index (χ2v) is 12.9. The molecule has 7 heteroatoms. The summed E-state index contributed by atoms with van der Waals surface area (Å²) >= 11 is 0. The number of aliphatic carboxylic acids is 3. The quantitative estimate of drug-likeness (QED) is 0.0618. The molecule has 0 aromatic rings. The molecule has 0 fully saturated rings. The number of carboxylic acids is 3. The summed E-state index contributed by atoms with van der Waals surface area (Å²) in [6, 6.07) is 0. The summed E-state index contributed by atoms with van der Waals surface area (Å²) in [5.74, 6) is -2.72. The number of hydrogen-bond acceptors (Lipinski definition) is 6. The van der Waals surface area contributed by atoms with E-state index in [0.29, 0.717) is 0 Å². The second kappa shape index (κ2) is 48.7. The fourth-order valence-electron chi connectivity index (χ4n) is 5.27. The standard InChI is InChI=1S/3C13H26O2.In/c3*1-2-3-4-5-6-7-8-9-10-11-12-13(14)15;/h3*2-12H2,1H3,(H,14,15);/q;;;+3/p-3. The minimum absolute atomic E-state index is 0. The van der Waals surface area contributed by atoms with Gasteiger partial charge in [0, 0.05) is 17.9 Å². The van der Waals surface area contributed by atoms with Gasteiger partial charge < -0.3 is 29.7 Å². The maximum Gasteiger partial charge on any atom is 3.00 e. The van der Waals surface area contributed by atoms with Crippen LogP contribution >= 0.6 is 0 Å². The minimum Gasteiger partial charge on any atom is -0.550 e. The van der Waals surface area contributed by atoms with Gasteiger partial charge in [-0.25, -0.2) is 0 Å². The maximum absolute atomic E-state index is 10.1. The molecule has 0 saturated heterocycles. The van der Waals surface area contributed by atoms with E-state index in [2.05, 4.69) is 20.8 Å². The Balaban J connectivity index is -0.000000285. The van der Waals surface area contributed by atoms with E-state index >= 15 is 0 Å². The van der Waals surface area contributed by atoms with Crippen LogP contribution in [0.2, 0.25) is 0 Å². The fraction of sp³-hybridized carbons (Fsp3) is 0.923. The number of rotatable bonds is 33. The van der Waals surface area contributed by atoms with E-state index in [0.717, 1.165) is 38.5 Å². The van der Waals surface area contributed by atoms with Crippen LogP contribution in [0, 0.1) is 0 Å². The van der Waals surface area contributed by atoms with Gasteiger partial charge in [0.1, 0.15) is 0 Å². The van der Waals surface area contributed by atoms with Crippen molar-refractivity contribution in [3.05, 3.63) is 0 Å². The first-order chi connectivity index (χ1) is 21.8. The first-order valence-electron chi connectivity index (χ1n) is 19.4. The molecule has 0 aromatic carbocycles. The van der Waals surface area contributed by atoms with Crippen molar-refractivity contribution in [3.63, 3.8) is 0 Å². The second-order valence-electron chi connectivity index (χ2n) is 12.9. The van der Waals surface area contributed by atoms with Crippen LogP contribution in [0.5, 0.6) is 0 Å². The maximum atomic E-state index is 10.1. The van der Waals surface area contributed by atoms with Crippen molar-refractivity contribution >= 4 is 43.8 Å². The summed E-state index contributed by atoms with van der Waals surface area (Å²) in [5.41, 5.74) is 0. The van der Waals surface area contributed by atoms with Crippen LogP contribution in [0.3, 0.4) is 0 Å². The summed E-state index contributed by atoms with van der Waals surface area (Å²) in [4.78, 5) is 30.4. The molecule has 6 nitrogen and oxygen atoms in total. The Morgan fingerprint density at radius 3 is 0.543 bits per heavy atom. The van der Waals surface area contributed by atoms with Crippen LogP contribution in [0.4, 0.5) is 0 Å². The molecule has 0 radical (unpaired) electrons. The van der Waals surface area contributed by atoms with E-state index in [1.807, 2.05) is 0 Å². The first kappa shape index (κ1) is 52.1. The van der Waals surface area contributed by atoms with Crippen molar-refractivity contribution in [3.8, 4) is 0 Å². The molecule has 0 aromatic heterocycles. The third-order valence-corrected chi connectivity index (χ3v) is 8.20. The molecule has 0 amide bonds. The van der Waals surface area contributed by atoms with E-state index in [1.165, 1.54) is 154 Å². The molecule has 0 aliphatic rings. The molecule has 46 heavy (non-hydrogen) atoms. The van der Waals surface area contributed by atoms with Crippen LogP contribution in [-0.2, 0) is 14.4 Å². The zero-order chi connectivity index (χ0) is 34.1. The van der Waals surface area contributed by atoms with Gasteiger partial charge in [-0.3, -0.25) is 0 Å². The molecule has 0 unspecified atom stereocenters. The smallest absolute Gasteiger partial charge is 0.550 e. The zero-order valence-corrected chi connectivity index (χ0v) is 34.2. The molecule has 0 bridgehead atoms. The van der Waals surface area contributed by atoms with Crippen LogP contribution in [0.25, 0.3) is 0 Å². The van der Waals surface area contributed by atoms with Gasteiger partial charge >= 0.3 is 25.8 Å². The summed E-state index contributed by atoms with van der Waals surface area (Å²) in [6.45, 7) is 6.70. The van der Waals surface area contributed by atoms with Crippen molar-refractivity contribution in [2.24, 2.45) is 0 Å². The number of hydrogen-bond donors (Lipinski definition) is 0. The number of carboxylic acid groups (broad SMARTS) is 3. The van der Waals surface area contributed by atoms with E-state index in [4.69, 9.17) is 0 Å². The molecule has 0 atom stereocenters. The molecule has 0 N–H and O–H groups in total. The van der Waals surface area contributed by atoms with E-state index in [1.54, 1.807) is 0 Å². The van der Waals surface area contributed by atoms with Gasteiger partial charge in [-0.2, -0.15) is 0 Å². The summed E-state index contributed by atoms with van der Waals surface area (Å²) in [5, 5.41) is 30.4. The van der Waals surface area contributed by atoms with E-state index < -0.39 is 17.9 Å². The number of unbranched alkanes of at least 4 members (excludes halogenated alkanes) is 27. The average Bonchev–Trinajstić information content (AvgIpc) is 3.00. The monoisotopic (exact) mass is 754 g/mol. The van der Waals surface area contributed by atoms with Crippen molar-refractivity contribution in [1.29, 1.82) is 0 Å². The van der Waals surface area contributed by atoms with Gasteiger partial charge in [0.25, 0.3) is 0 Å². The van der Waals surface area contributed by atoms with Gasteiger partial charge in [0.15, 0.2) is 0 Å². The molecular formula is C39H75InO6.